The molecule has 10 heteroatoms. The largest absolute Gasteiger partial charge is 0.508 e. The quantitative estimate of drug-likeness (QED) is 0.311. The number of rotatable bonds is 4. The van der Waals surface area contributed by atoms with E-state index in [1.54, 1.807) is 0 Å². The van der Waals surface area contributed by atoms with E-state index in [0.29, 0.717) is 0 Å². The summed E-state index contributed by atoms with van der Waals surface area (Å²) in [5.41, 5.74) is -0.719. The van der Waals surface area contributed by atoms with Gasteiger partial charge in [0, 0.05) is 21.2 Å². The van der Waals surface area contributed by atoms with Crippen molar-refractivity contribution in [3.63, 3.8) is 0 Å². The molecule has 0 aliphatic rings. The van der Waals surface area contributed by atoms with Crippen LogP contribution in [0, 0.1) is 0 Å². The molecular weight excluding hydrogens is 482 g/mol. The SMILES string of the molecule is O=S(=O)(O)C(c1cccc(O)c1)(c1ccc(Cl)cc1Cl)c1c(O)ccc(Cl)c1Cl. The number of phenols is 2. The van der Waals surface area contributed by atoms with Gasteiger partial charge in [0.25, 0.3) is 10.1 Å². The number of benzene rings is 3. The third-order valence-corrected chi connectivity index (χ3v) is 7.16. The molecule has 0 bridgehead atoms. The molecule has 0 heterocycles. The number of aromatic hydroxyl groups is 2. The Bertz CT molecular complexity index is 1210. The van der Waals surface area contributed by atoms with Crippen molar-refractivity contribution in [2.45, 2.75) is 4.75 Å². The summed E-state index contributed by atoms with van der Waals surface area (Å²) in [6, 6.07) is 11.4. The minimum atomic E-state index is -5.14. The van der Waals surface area contributed by atoms with Crippen molar-refractivity contribution in [1.82, 2.24) is 0 Å². The number of hydrogen-bond donors (Lipinski definition) is 3. The van der Waals surface area contributed by atoms with E-state index in [2.05, 4.69) is 0 Å². The Hall–Kier alpha value is -1.67. The van der Waals surface area contributed by atoms with Gasteiger partial charge in [-0.3, -0.25) is 4.55 Å². The lowest BCUT2D eigenvalue weighted by atomic mass is 9.83. The van der Waals surface area contributed by atoms with Gasteiger partial charge in [-0.1, -0.05) is 64.6 Å². The first-order chi connectivity index (χ1) is 13.5. The number of hydrogen-bond acceptors (Lipinski definition) is 4. The average molecular weight is 494 g/mol. The van der Waals surface area contributed by atoms with E-state index in [-0.39, 0.29) is 37.0 Å². The minimum Gasteiger partial charge on any atom is -0.508 e. The molecule has 29 heavy (non-hydrogen) atoms. The lowest BCUT2D eigenvalue weighted by Crippen LogP contribution is -2.39. The zero-order chi connectivity index (χ0) is 21.6. The van der Waals surface area contributed by atoms with Crippen LogP contribution in [0.15, 0.2) is 54.6 Å². The van der Waals surface area contributed by atoms with Crippen molar-refractivity contribution in [2.75, 3.05) is 0 Å². The first-order valence-corrected chi connectivity index (χ1v) is 10.8. The van der Waals surface area contributed by atoms with Gasteiger partial charge < -0.3 is 10.2 Å². The smallest absolute Gasteiger partial charge is 0.283 e. The minimum absolute atomic E-state index is 0.0715. The van der Waals surface area contributed by atoms with E-state index in [1.807, 2.05) is 0 Å². The molecule has 0 aliphatic heterocycles. The summed E-state index contributed by atoms with van der Waals surface area (Å²) < 4.78 is 33.9. The van der Waals surface area contributed by atoms with Gasteiger partial charge in [-0.15, -0.1) is 0 Å². The van der Waals surface area contributed by atoms with Crippen molar-refractivity contribution < 1.29 is 23.2 Å². The van der Waals surface area contributed by atoms with Crippen molar-refractivity contribution >= 4 is 56.5 Å². The van der Waals surface area contributed by atoms with Gasteiger partial charge in [0.2, 0.25) is 0 Å². The van der Waals surface area contributed by atoms with Crippen LogP contribution in [0.4, 0.5) is 0 Å². The highest BCUT2D eigenvalue weighted by atomic mass is 35.5. The zero-order valence-corrected chi connectivity index (χ0v) is 18.1. The fraction of sp³-hybridized carbons (Fsp3) is 0.0526. The lowest BCUT2D eigenvalue weighted by Gasteiger charge is -2.34. The molecule has 0 amide bonds. The topological polar surface area (TPSA) is 94.8 Å². The monoisotopic (exact) mass is 492 g/mol. The Kier molecular flexibility index (Phi) is 5.98. The highest BCUT2D eigenvalue weighted by Gasteiger charge is 2.52. The summed E-state index contributed by atoms with van der Waals surface area (Å²) >= 11 is 24.7. The molecular formula is C19H12Cl4O5S. The van der Waals surface area contributed by atoms with Gasteiger partial charge >= 0.3 is 0 Å². The third kappa shape index (κ3) is 3.65. The Morgan fingerprint density at radius 3 is 2.10 bits per heavy atom. The zero-order valence-electron chi connectivity index (χ0n) is 14.3. The molecule has 3 rings (SSSR count). The molecule has 3 aromatic rings. The van der Waals surface area contributed by atoms with Crippen molar-refractivity contribution in [2.24, 2.45) is 0 Å². The second-order valence-electron chi connectivity index (χ2n) is 6.09. The Labute approximate surface area is 186 Å². The predicted molar refractivity (Wildman–Crippen MR) is 114 cm³/mol. The maximum absolute atomic E-state index is 13.0. The summed E-state index contributed by atoms with van der Waals surface area (Å²) in [6.45, 7) is 0. The Balaban J connectivity index is 2.65. The Morgan fingerprint density at radius 2 is 1.52 bits per heavy atom. The molecule has 5 nitrogen and oxygen atoms in total. The van der Waals surface area contributed by atoms with Gasteiger partial charge in [-0.05, 0) is 42.0 Å². The number of halogens is 4. The van der Waals surface area contributed by atoms with Crippen LogP contribution < -0.4 is 0 Å². The van der Waals surface area contributed by atoms with Crippen LogP contribution in [0.2, 0.25) is 20.1 Å². The van der Waals surface area contributed by atoms with Gasteiger partial charge in [-0.25, -0.2) is 0 Å². The maximum Gasteiger partial charge on any atom is 0.283 e. The predicted octanol–water partition coefficient (Wildman–Crippen LogP) is 5.89. The highest BCUT2D eigenvalue weighted by molar-refractivity contribution is 7.87. The molecule has 1 unspecified atom stereocenters. The van der Waals surface area contributed by atoms with E-state index in [9.17, 15) is 23.2 Å². The standard InChI is InChI=1S/C19H12Cl4O5S/c20-11-4-5-13(15(22)9-11)19(29(26,27)28,10-2-1-3-12(24)8-10)17-16(25)7-6-14(21)18(17)23/h1-9,24-25H,(H,26,27,28). The van der Waals surface area contributed by atoms with Crippen LogP contribution in [0.25, 0.3) is 0 Å². The molecule has 152 valence electrons. The molecule has 3 aromatic carbocycles. The third-order valence-electron chi connectivity index (χ3n) is 4.37. The van der Waals surface area contributed by atoms with E-state index in [0.717, 1.165) is 12.1 Å². The van der Waals surface area contributed by atoms with Gasteiger partial charge in [0.15, 0.2) is 4.75 Å². The van der Waals surface area contributed by atoms with Gasteiger partial charge in [0.05, 0.1) is 10.0 Å². The molecule has 0 spiro atoms. The summed E-state index contributed by atoms with van der Waals surface area (Å²) in [5.74, 6) is -0.857. The normalized spacial score (nSPS) is 13.8. The van der Waals surface area contributed by atoms with Crippen molar-refractivity contribution in [3.8, 4) is 11.5 Å². The van der Waals surface area contributed by atoms with Crippen LogP contribution >= 0.6 is 46.4 Å². The molecule has 0 saturated carbocycles. The second-order valence-corrected chi connectivity index (χ2v) is 9.28. The summed E-state index contributed by atoms with van der Waals surface area (Å²) in [6.07, 6.45) is 0. The maximum atomic E-state index is 13.0. The van der Waals surface area contributed by atoms with Gasteiger partial charge in [0.1, 0.15) is 11.5 Å². The fourth-order valence-electron chi connectivity index (χ4n) is 3.23. The van der Waals surface area contributed by atoms with Gasteiger partial charge in [-0.2, -0.15) is 8.42 Å². The van der Waals surface area contributed by atoms with E-state index in [1.165, 1.54) is 42.5 Å². The molecule has 3 N–H and O–H groups in total. The van der Waals surface area contributed by atoms with E-state index in [4.69, 9.17) is 46.4 Å². The van der Waals surface area contributed by atoms with Crippen LogP contribution in [-0.2, 0) is 14.9 Å². The molecule has 0 saturated heterocycles. The molecule has 0 aliphatic carbocycles. The summed E-state index contributed by atoms with van der Waals surface area (Å²) in [7, 11) is -5.14. The molecule has 0 fully saturated rings. The molecule has 1 atom stereocenters. The first-order valence-electron chi connectivity index (χ1n) is 7.89. The molecule has 0 aromatic heterocycles. The highest BCUT2D eigenvalue weighted by Crippen LogP contribution is 2.53. The second kappa shape index (κ2) is 7.87. The summed E-state index contributed by atoms with van der Waals surface area (Å²) in [5, 5.41) is 20.3. The first kappa shape index (κ1) is 22.0. The van der Waals surface area contributed by atoms with Crippen molar-refractivity contribution in [1.29, 1.82) is 0 Å². The lowest BCUT2D eigenvalue weighted by molar-refractivity contribution is 0.439. The van der Waals surface area contributed by atoms with Crippen LogP contribution in [-0.4, -0.2) is 23.2 Å². The average Bonchev–Trinajstić information content (AvgIpc) is 2.62. The van der Waals surface area contributed by atoms with Crippen LogP contribution in [0.3, 0.4) is 0 Å². The number of phenolic OH excluding ortho intramolecular Hbond substituents is 2. The van der Waals surface area contributed by atoms with Crippen molar-refractivity contribution in [3.05, 3.63) is 91.4 Å². The van der Waals surface area contributed by atoms with E-state index >= 15 is 0 Å². The fourth-order valence-corrected chi connectivity index (χ4v) is 5.69. The van der Waals surface area contributed by atoms with Crippen LogP contribution in [0.1, 0.15) is 16.7 Å². The summed E-state index contributed by atoms with van der Waals surface area (Å²) in [4.78, 5) is 0. The molecule has 0 radical (unpaired) electrons. The Morgan fingerprint density at radius 1 is 0.828 bits per heavy atom. The van der Waals surface area contributed by atoms with Crippen LogP contribution in [0.5, 0.6) is 11.5 Å². The van der Waals surface area contributed by atoms with E-state index < -0.39 is 26.2 Å².